The van der Waals surface area contributed by atoms with Gasteiger partial charge in [-0.05, 0) is 61.0 Å². The minimum atomic E-state index is -3.80. The van der Waals surface area contributed by atoms with Crippen LogP contribution in [0.3, 0.4) is 0 Å². The molecular weight excluding hydrogens is 470 g/mol. The van der Waals surface area contributed by atoms with Crippen LogP contribution in [-0.2, 0) is 21.2 Å². The Morgan fingerprint density at radius 2 is 1.79 bits per heavy atom. The van der Waals surface area contributed by atoms with E-state index in [9.17, 15) is 13.2 Å². The van der Waals surface area contributed by atoms with E-state index in [0.29, 0.717) is 16.4 Å². The first-order chi connectivity index (χ1) is 16.2. The Morgan fingerprint density at radius 1 is 1.06 bits per heavy atom. The van der Waals surface area contributed by atoms with Crippen LogP contribution >= 0.6 is 11.8 Å². The number of nitrogens with zero attached hydrogens (tertiary/aromatic N) is 3. The van der Waals surface area contributed by atoms with Crippen LogP contribution in [0.25, 0.3) is 16.5 Å². The lowest BCUT2D eigenvalue weighted by atomic mass is 10.0. The number of hydrogen-bond acceptors (Lipinski definition) is 6. The molecule has 0 saturated carbocycles. The zero-order valence-corrected chi connectivity index (χ0v) is 20.7. The summed E-state index contributed by atoms with van der Waals surface area (Å²) >= 11 is 1.28. The monoisotopic (exact) mass is 495 g/mol. The molecule has 3 N–H and O–H groups in total. The molecule has 0 radical (unpaired) electrons. The van der Waals surface area contributed by atoms with Gasteiger partial charge in [0.05, 0.1) is 16.3 Å². The molecule has 0 spiro atoms. The predicted molar refractivity (Wildman–Crippen MR) is 135 cm³/mol. The van der Waals surface area contributed by atoms with Crippen molar-refractivity contribution in [2.45, 2.75) is 37.2 Å². The molecule has 4 aromatic rings. The lowest BCUT2D eigenvalue weighted by molar-refractivity contribution is -0.113. The van der Waals surface area contributed by atoms with E-state index in [1.165, 1.54) is 40.9 Å². The largest absolute Gasteiger partial charge is 0.325 e. The highest BCUT2D eigenvalue weighted by Gasteiger charge is 2.17. The standard InChI is InChI=1S/C24H25N5O3S2/c1-4-17-9-12-22(20-8-6-5-7-19(17)20)29-16(3)27-28-24(29)33-14-23(30)26-21-11-10-18(13-15(21)2)34(25,31)32/h5-13H,4,14H2,1-3H3,(H,26,30)(H2,25,31,32). The SMILES string of the molecule is CCc1ccc(-n2c(C)nnc2SCC(=O)Nc2ccc(S(N)(=O)=O)cc2C)c2ccccc12. The minimum Gasteiger partial charge on any atom is -0.325 e. The molecule has 1 heterocycles. The number of hydrogen-bond donors (Lipinski definition) is 2. The van der Waals surface area contributed by atoms with Gasteiger partial charge in [-0.1, -0.05) is 49.0 Å². The lowest BCUT2D eigenvalue weighted by Crippen LogP contribution is -2.16. The summed E-state index contributed by atoms with van der Waals surface area (Å²) in [5.74, 6) is 0.598. The summed E-state index contributed by atoms with van der Waals surface area (Å²) < 4.78 is 25.0. The number of fused-ring (bicyclic) bond motifs is 1. The van der Waals surface area contributed by atoms with Gasteiger partial charge in [-0.2, -0.15) is 0 Å². The zero-order chi connectivity index (χ0) is 24.5. The first-order valence-electron chi connectivity index (χ1n) is 10.7. The van der Waals surface area contributed by atoms with Crippen molar-refractivity contribution in [3.63, 3.8) is 0 Å². The number of aromatic nitrogens is 3. The van der Waals surface area contributed by atoms with Crippen LogP contribution in [0.15, 0.2) is 64.6 Å². The predicted octanol–water partition coefficient (Wildman–Crippen LogP) is 3.98. The second kappa shape index (κ2) is 9.57. The molecule has 0 fully saturated rings. The van der Waals surface area contributed by atoms with Gasteiger partial charge in [-0.15, -0.1) is 10.2 Å². The van der Waals surface area contributed by atoms with Crippen molar-refractivity contribution in [3.05, 3.63) is 71.5 Å². The van der Waals surface area contributed by atoms with Crippen molar-refractivity contribution in [2.24, 2.45) is 5.14 Å². The number of thioether (sulfide) groups is 1. The fourth-order valence-corrected chi connectivity index (χ4v) is 5.22. The summed E-state index contributed by atoms with van der Waals surface area (Å²) in [4.78, 5) is 12.6. The molecule has 1 aromatic heterocycles. The molecule has 0 unspecified atom stereocenters. The third kappa shape index (κ3) is 4.84. The molecule has 3 aromatic carbocycles. The summed E-state index contributed by atoms with van der Waals surface area (Å²) in [6, 6.07) is 16.8. The number of anilines is 1. The molecule has 34 heavy (non-hydrogen) atoms. The Labute approximate surface area is 202 Å². The molecule has 0 aliphatic carbocycles. The number of nitrogens with two attached hydrogens (primary N) is 1. The van der Waals surface area contributed by atoms with E-state index in [1.54, 1.807) is 6.92 Å². The third-order valence-electron chi connectivity index (χ3n) is 5.54. The second-order valence-electron chi connectivity index (χ2n) is 7.87. The van der Waals surface area contributed by atoms with Crippen LogP contribution in [0.4, 0.5) is 5.69 Å². The third-order valence-corrected chi connectivity index (χ3v) is 7.38. The number of rotatable bonds is 7. The number of aryl methyl sites for hydroxylation is 3. The number of carbonyl (C=O) groups is 1. The van der Waals surface area contributed by atoms with E-state index < -0.39 is 10.0 Å². The molecule has 176 valence electrons. The molecule has 0 saturated heterocycles. The van der Waals surface area contributed by atoms with E-state index in [4.69, 9.17) is 5.14 Å². The van der Waals surface area contributed by atoms with E-state index >= 15 is 0 Å². The molecule has 0 atom stereocenters. The highest BCUT2D eigenvalue weighted by Crippen LogP contribution is 2.30. The molecule has 0 aliphatic rings. The average molecular weight is 496 g/mol. The van der Waals surface area contributed by atoms with Crippen LogP contribution < -0.4 is 10.5 Å². The Hall–Kier alpha value is -3.21. The smallest absolute Gasteiger partial charge is 0.238 e. The van der Waals surface area contributed by atoms with E-state index in [2.05, 4.69) is 46.7 Å². The van der Waals surface area contributed by atoms with E-state index in [1.807, 2.05) is 23.6 Å². The van der Waals surface area contributed by atoms with Gasteiger partial charge in [-0.25, -0.2) is 13.6 Å². The highest BCUT2D eigenvalue weighted by atomic mass is 32.2. The Bertz CT molecular complexity index is 1500. The quantitative estimate of drug-likeness (QED) is 0.374. The van der Waals surface area contributed by atoms with Crippen LogP contribution in [-0.4, -0.2) is 34.8 Å². The molecular formula is C24H25N5O3S2. The summed E-state index contributed by atoms with van der Waals surface area (Å²) in [6.45, 7) is 5.73. The highest BCUT2D eigenvalue weighted by molar-refractivity contribution is 7.99. The van der Waals surface area contributed by atoms with E-state index in [0.717, 1.165) is 23.3 Å². The van der Waals surface area contributed by atoms with Crippen molar-refractivity contribution < 1.29 is 13.2 Å². The van der Waals surface area contributed by atoms with Crippen LogP contribution in [0.5, 0.6) is 0 Å². The number of amides is 1. The summed E-state index contributed by atoms with van der Waals surface area (Å²) in [5, 5.41) is 19.4. The van der Waals surface area contributed by atoms with Crippen molar-refractivity contribution in [1.82, 2.24) is 14.8 Å². The fourth-order valence-electron chi connectivity index (χ4n) is 3.83. The van der Waals surface area contributed by atoms with Crippen LogP contribution in [0.2, 0.25) is 0 Å². The van der Waals surface area contributed by atoms with Gasteiger partial charge in [0.1, 0.15) is 5.82 Å². The molecule has 0 bridgehead atoms. The van der Waals surface area contributed by atoms with Gasteiger partial charge in [0, 0.05) is 11.1 Å². The van der Waals surface area contributed by atoms with Gasteiger partial charge in [-0.3, -0.25) is 9.36 Å². The van der Waals surface area contributed by atoms with Gasteiger partial charge in [0.15, 0.2) is 5.16 Å². The molecule has 10 heteroatoms. The number of nitrogens with one attached hydrogen (secondary N) is 1. The number of sulfonamides is 1. The Morgan fingerprint density at radius 3 is 2.47 bits per heavy atom. The topological polar surface area (TPSA) is 120 Å². The minimum absolute atomic E-state index is 0.00210. The maximum absolute atomic E-state index is 12.6. The molecule has 4 rings (SSSR count). The average Bonchev–Trinajstić information content (AvgIpc) is 3.17. The summed E-state index contributed by atoms with van der Waals surface area (Å²) in [7, 11) is -3.80. The van der Waals surface area contributed by atoms with E-state index in [-0.39, 0.29) is 16.6 Å². The maximum atomic E-state index is 12.6. The van der Waals surface area contributed by atoms with Crippen LogP contribution in [0, 0.1) is 13.8 Å². The number of primary sulfonamides is 1. The van der Waals surface area contributed by atoms with Crippen LogP contribution in [0.1, 0.15) is 23.9 Å². The van der Waals surface area contributed by atoms with Crippen molar-refractivity contribution in [3.8, 4) is 5.69 Å². The molecule has 8 nitrogen and oxygen atoms in total. The second-order valence-corrected chi connectivity index (χ2v) is 10.4. The Balaban J connectivity index is 1.56. The zero-order valence-electron chi connectivity index (χ0n) is 19.1. The number of benzene rings is 3. The maximum Gasteiger partial charge on any atom is 0.238 e. The van der Waals surface area contributed by atoms with Crippen molar-refractivity contribution in [1.29, 1.82) is 0 Å². The van der Waals surface area contributed by atoms with Crippen molar-refractivity contribution in [2.75, 3.05) is 11.1 Å². The molecule has 0 aliphatic heterocycles. The molecule has 1 amide bonds. The first-order valence-corrected chi connectivity index (χ1v) is 13.2. The van der Waals surface area contributed by atoms with Gasteiger partial charge in [0.2, 0.25) is 15.9 Å². The van der Waals surface area contributed by atoms with Crippen molar-refractivity contribution >= 4 is 44.2 Å². The first kappa shape index (κ1) is 23.9. The van der Waals surface area contributed by atoms with Gasteiger partial charge < -0.3 is 5.32 Å². The van der Waals surface area contributed by atoms with Gasteiger partial charge >= 0.3 is 0 Å². The normalized spacial score (nSPS) is 11.6. The summed E-state index contributed by atoms with van der Waals surface area (Å²) in [6.07, 6.45) is 0.932. The van der Waals surface area contributed by atoms with Gasteiger partial charge in [0.25, 0.3) is 0 Å². The Kier molecular flexibility index (Phi) is 6.74. The lowest BCUT2D eigenvalue weighted by Gasteiger charge is -2.14. The number of carbonyl (C=O) groups excluding carboxylic acids is 1. The summed E-state index contributed by atoms with van der Waals surface area (Å²) in [5.41, 5.74) is 3.36. The fraction of sp³-hybridized carbons (Fsp3) is 0.208.